The summed E-state index contributed by atoms with van der Waals surface area (Å²) in [6.45, 7) is 0. The predicted octanol–water partition coefficient (Wildman–Crippen LogP) is 2.16. The van der Waals surface area contributed by atoms with Gasteiger partial charge in [-0.2, -0.15) is 15.2 Å². The Balaban J connectivity index is 1.55. The average molecular weight is 345 g/mol. The van der Waals surface area contributed by atoms with Crippen molar-refractivity contribution in [3.8, 4) is 11.3 Å². The van der Waals surface area contributed by atoms with Gasteiger partial charge in [0.05, 0.1) is 17.9 Å². The SMILES string of the molecule is Cn1cc(-c2nccn3nc(Nc4ccc5cnn(C)c5c4)nc23)cn1. The number of anilines is 2. The zero-order valence-electron chi connectivity index (χ0n) is 14.2. The number of fused-ring (bicyclic) bond motifs is 2. The van der Waals surface area contributed by atoms with Crippen molar-refractivity contribution in [2.75, 3.05) is 5.32 Å². The van der Waals surface area contributed by atoms with E-state index in [-0.39, 0.29) is 0 Å². The monoisotopic (exact) mass is 345 g/mol. The number of aromatic nitrogens is 8. The third kappa shape index (κ3) is 2.29. The smallest absolute Gasteiger partial charge is 0.247 e. The van der Waals surface area contributed by atoms with Crippen molar-refractivity contribution in [3.63, 3.8) is 0 Å². The average Bonchev–Trinajstić information content (AvgIpc) is 3.33. The molecule has 5 rings (SSSR count). The first-order chi connectivity index (χ1) is 12.7. The highest BCUT2D eigenvalue weighted by Gasteiger charge is 2.13. The number of nitrogens with zero attached hydrogens (tertiary/aromatic N) is 8. The van der Waals surface area contributed by atoms with Crippen molar-refractivity contribution in [2.24, 2.45) is 14.1 Å². The van der Waals surface area contributed by atoms with E-state index in [0.29, 0.717) is 11.6 Å². The fourth-order valence-corrected chi connectivity index (χ4v) is 2.97. The van der Waals surface area contributed by atoms with Crippen molar-refractivity contribution >= 4 is 28.2 Å². The van der Waals surface area contributed by atoms with E-state index < -0.39 is 0 Å². The van der Waals surface area contributed by atoms with E-state index in [1.165, 1.54) is 0 Å². The van der Waals surface area contributed by atoms with Crippen LogP contribution in [0, 0.1) is 0 Å². The fraction of sp³-hybridized carbons (Fsp3) is 0.118. The number of aryl methyl sites for hydroxylation is 2. The van der Waals surface area contributed by atoms with Crippen LogP contribution in [0.3, 0.4) is 0 Å². The molecule has 4 heterocycles. The fourth-order valence-electron chi connectivity index (χ4n) is 2.97. The Morgan fingerprint density at radius 1 is 1.08 bits per heavy atom. The minimum atomic E-state index is 0.504. The lowest BCUT2D eigenvalue weighted by molar-refractivity contribution is 0.768. The van der Waals surface area contributed by atoms with Gasteiger partial charge < -0.3 is 5.32 Å². The molecule has 128 valence electrons. The Hall–Kier alpha value is -3.75. The molecule has 0 unspecified atom stereocenters. The van der Waals surface area contributed by atoms with Crippen molar-refractivity contribution in [3.05, 3.63) is 49.2 Å². The van der Waals surface area contributed by atoms with E-state index in [1.54, 1.807) is 27.8 Å². The molecular weight excluding hydrogens is 330 g/mol. The molecule has 0 aliphatic heterocycles. The molecule has 0 atom stereocenters. The highest BCUT2D eigenvalue weighted by Crippen LogP contribution is 2.24. The zero-order chi connectivity index (χ0) is 17.7. The Kier molecular flexibility index (Phi) is 3.02. The number of rotatable bonds is 3. The van der Waals surface area contributed by atoms with E-state index in [4.69, 9.17) is 0 Å². The topological polar surface area (TPSA) is 90.8 Å². The first-order valence-electron chi connectivity index (χ1n) is 8.06. The van der Waals surface area contributed by atoms with Crippen LogP contribution >= 0.6 is 0 Å². The second-order valence-electron chi connectivity index (χ2n) is 6.05. The number of nitrogens with one attached hydrogen (secondary N) is 1. The number of benzene rings is 1. The number of hydrogen-bond acceptors (Lipinski definition) is 6. The van der Waals surface area contributed by atoms with E-state index in [9.17, 15) is 0 Å². The summed E-state index contributed by atoms with van der Waals surface area (Å²) in [6, 6.07) is 6.02. The van der Waals surface area contributed by atoms with Crippen LogP contribution in [0.2, 0.25) is 0 Å². The second kappa shape index (κ2) is 5.38. The molecule has 4 aromatic heterocycles. The molecular formula is C17H15N9. The highest BCUT2D eigenvalue weighted by atomic mass is 15.4. The molecule has 0 saturated heterocycles. The summed E-state index contributed by atoms with van der Waals surface area (Å²) in [5.41, 5.74) is 4.24. The normalized spacial score (nSPS) is 11.5. The zero-order valence-corrected chi connectivity index (χ0v) is 14.2. The van der Waals surface area contributed by atoms with E-state index >= 15 is 0 Å². The van der Waals surface area contributed by atoms with E-state index in [0.717, 1.165) is 27.8 Å². The van der Waals surface area contributed by atoms with Crippen molar-refractivity contribution < 1.29 is 0 Å². The molecule has 0 radical (unpaired) electrons. The van der Waals surface area contributed by atoms with Crippen LogP contribution < -0.4 is 5.32 Å². The van der Waals surface area contributed by atoms with Gasteiger partial charge in [0, 0.05) is 49.3 Å². The molecule has 26 heavy (non-hydrogen) atoms. The van der Waals surface area contributed by atoms with E-state index in [2.05, 4.69) is 30.6 Å². The molecule has 0 bridgehead atoms. The van der Waals surface area contributed by atoms with Gasteiger partial charge >= 0.3 is 0 Å². The van der Waals surface area contributed by atoms with Gasteiger partial charge in [-0.3, -0.25) is 14.3 Å². The van der Waals surface area contributed by atoms with E-state index in [1.807, 2.05) is 49.4 Å². The van der Waals surface area contributed by atoms with Gasteiger partial charge in [0.25, 0.3) is 0 Å². The largest absolute Gasteiger partial charge is 0.323 e. The Morgan fingerprint density at radius 3 is 2.85 bits per heavy atom. The van der Waals surface area contributed by atoms with Crippen LogP contribution in [-0.2, 0) is 14.1 Å². The summed E-state index contributed by atoms with van der Waals surface area (Å²) in [4.78, 5) is 9.04. The van der Waals surface area contributed by atoms with Gasteiger partial charge in [0.2, 0.25) is 5.95 Å². The third-order valence-electron chi connectivity index (χ3n) is 4.24. The maximum atomic E-state index is 4.60. The van der Waals surface area contributed by atoms with Crippen molar-refractivity contribution in [1.82, 2.24) is 39.1 Å². The van der Waals surface area contributed by atoms with Gasteiger partial charge in [-0.25, -0.2) is 4.52 Å². The van der Waals surface area contributed by atoms with Crippen molar-refractivity contribution in [1.29, 1.82) is 0 Å². The first-order valence-corrected chi connectivity index (χ1v) is 8.06. The molecule has 0 aliphatic carbocycles. The van der Waals surface area contributed by atoms with Gasteiger partial charge in [-0.1, -0.05) is 0 Å². The second-order valence-corrected chi connectivity index (χ2v) is 6.05. The predicted molar refractivity (Wildman–Crippen MR) is 97.0 cm³/mol. The van der Waals surface area contributed by atoms with Crippen LogP contribution in [0.15, 0.2) is 49.2 Å². The Labute approximate surface area is 147 Å². The lowest BCUT2D eigenvalue weighted by Crippen LogP contribution is -1.94. The third-order valence-corrected chi connectivity index (χ3v) is 4.24. The summed E-state index contributed by atoms with van der Waals surface area (Å²) in [5, 5.41) is 17.3. The lowest BCUT2D eigenvalue weighted by atomic mass is 10.2. The van der Waals surface area contributed by atoms with Gasteiger partial charge in [-0.05, 0) is 18.2 Å². The van der Waals surface area contributed by atoms with Gasteiger partial charge in [-0.15, -0.1) is 5.10 Å². The Morgan fingerprint density at radius 2 is 2.00 bits per heavy atom. The van der Waals surface area contributed by atoms with Gasteiger partial charge in [0.1, 0.15) is 5.69 Å². The Bertz CT molecular complexity index is 1240. The minimum absolute atomic E-state index is 0.504. The first kappa shape index (κ1) is 14.6. The summed E-state index contributed by atoms with van der Waals surface area (Å²) < 4.78 is 5.28. The summed E-state index contributed by atoms with van der Waals surface area (Å²) >= 11 is 0. The summed E-state index contributed by atoms with van der Waals surface area (Å²) in [7, 11) is 3.79. The lowest BCUT2D eigenvalue weighted by Gasteiger charge is -2.02. The molecule has 1 N–H and O–H groups in total. The summed E-state index contributed by atoms with van der Waals surface area (Å²) in [5.74, 6) is 0.504. The molecule has 5 aromatic rings. The minimum Gasteiger partial charge on any atom is -0.323 e. The molecule has 0 aliphatic rings. The standard InChI is InChI=1S/C17H15N9/c1-24-10-12(9-19-24)15-16-22-17(23-26(16)6-5-18-15)21-13-4-3-11-8-20-25(2)14(11)7-13/h3-10H,1-2H3,(H,21,23). The molecule has 0 amide bonds. The molecule has 9 nitrogen and oxygen atoms in total. The van der Waals surface area contributed by atoms with Crippen LogP contribution in [0.1, 0.15) is 0 Å². The van der Waals surface area contributed by atoms with Gasteiger partial charge in [0.15, 0.2) is 5.65 Å². The molecule has 0 fully saturated rings. The van der Waals surface area contributed by atoms with Crippen LogP contribution in [0.5, 0.6) is 0 Å². The van der Waals surface area contributed by atoms with Crippen LogP contribution in [0.4, 0.5) is 11.6 Å². The molecule has 9 heteroatoms. The molecule has 0 spiro atoms. The maximum absolute atomic E-state index is 4.60. The van der Waals surface area contributed by atoms with Crippen molar-refractivity contribution in [2.45, 2.75) is 0 Å². The van der Waals surface area contributed by atoms with Crippen LogP contribution in [0.25, 0.3) is 27.8 Å². The maximum Gasteiger partial charge on any atom is 0.247 e. The van der Waals surface area contributed by atoms with Crippen LogP contribution in [-0.4, -0.2) is 39.1 Å². The molecule has 0 saturated carbocycles. The summed E-state index contributed by atoms with van der Waals surface area (Å²) in [6.07, 6.45) is 8.99. The molecule has 1 aromatic carbocycles. The quantitative estimate of drug-likeness (QED) is 0.539. The number of hydrogen-bond donors (Lipinski definition) is 1. The highest BCUT2D eigenvalue weighted by molar-refractivity contribution is 5.83.